The number of alkyl halides is 3. The van der Waals surface area contributed by atoms with Crippen LogP contribution >= 0.6 is 11.6 Å². The molecule has 2 saturated heterocycles. The van der Waals surface area contributed by atoms with Gasteiger partial charge in [-0.05, 0) is 43.9 Å². The molecule has 2 bridgehead atoms. The summed E-state index contributed by atoms with van der Waals surface area (Å²) >= 11 is 5.82. The number of hydrogen-bond acceptors (Lipinski definition) is 3. The van der Waals surface area contributed by atoms with Crippen LogP contribution in [0.4, 0.5) is 13.2 Å². The van der Waals surface area contributed by atoms with Crippen molar-refractivity contribution in [2.75, 3.05) is 0 Å². The number of piperidine rings is 1. The fourth-order valence-corrected chi connectivity index (χ4v) is 5.11. The summed E-state index contributed by atoms with van der Waals surface area (Å²) in [5.41, 5.74) is -1.03. The van der Waals surface area contributed by atoms with Gasteiger partial charge in [0.2, 0.25) is 10.0 Å². The first-order valence-corrected chi connectivity index (χ1v) is 9.16. The Balaban J connectivity index is 1.85. The van der Waals surface area contributed by atoms with E-state index in [0.29, 0.717) is 18.9 Å². The van der Waals surface area contributed by atoms with Gasteiger partial charge in [-0.25, -0.2) is 13.1 Å². The van der Waals surface area contributed by atoms with Crippen molar-refractivity contribution in [1.82, 2.24) is 10.0 Å². The molecule has 0 saturated carbocycles. The summed E-state index contributed by atoms with van der Waals surface area (Å²) in [7, 11) is -4.10. The fraction of sp³-hybridized carbons (Fsp3) is 0.571. The molecular weight excluding hydrogens is 353 g/mol. The third-order valence-electron chi connectivity index (χ3n) is 4.34. The minimum atomic E-state index is -4.62. The Kier molecular flexibility index (Phi) is 4.37. The Morgan fingerprint density at radius 2 is 1.78 bits per heavy atom. The largest absolute Gasteiger partial charge is 0.416 e. The van der Waals surface area contributed by atoms with E-state index in [4.69, 9.17) is 11.6 Å². The number of hydrogen-bond donors (Lipinski definition) is 2. The molecule has 2 fully saturated rings. The molecule has 0 spiro atoms. The van der Waals surface area contributed by atoms with E-state index in [9.17, 15) is 21.6 Å². The lowest BCUT2D eigenvalue weighted by molar-refractivity contribution is -0.137. The molecule has 2 aliphatic rings. The third kappa shape index (κ3) is 3.65. The summed E-state index contributed by atoms with van der Waals surface area (Å²) in [6, 6.07) is 2.55. The lowest BCUT2D eigenvalue weighted by Crippen LogP contribution is -2.47. The molecule has 0 aliphatic carbocycles. The maximum absolute atomic E-state index is 12.8. The second kappa shape index (κ2) is 5.91. The van der Waals surface area contributed by atoms with Crippen LogP contribution in [0.2, 0.25) is 5.02 Å². The highest BCUT2D eigenvalue weighted by Gasteiger charge is 2.37. The molecule has 1 aromatic rings. The Morgan fingerprint density at radius 1 is 1.17 bits per heavy atom. The van der Waals surface area contributed by atoms with E-state index >= 15 is 0 Å². The number of fused-ring (bicyclic) bond motifs is 2. The van der Waals surface area contributed by atoms with Crippen molar-refractivity contribution in [3.8, 4) is 0 Å². The van der Waals surface area contributed by atoms with Gasteiger partial charge in [-0.2, -0.15) is 13.2 Å². The Bertz CT molecular complexity index is 696. The topological polar surface area (TPSA) is 58.2 Å². The SMILES string of the molecule is O=S(=O)(NC1CC2CCC(C1)N2)c1cc(C(F)(F)F)ccc1Cl. The first-order chi connectivity index (χ1) is 10.6. The van der Waals surface area contributed by atoms with Crippen molar-refractivity contribution in [1.29, 1.82) is 0 Å². The maximum atomic E-state index is 12.8. The highest BCUT2D eigenvalue weighted by Crippen LogP contribution is 2.34. The van der Waals surface area contributed by atoms with Crippen LogP contribution in [0.25, 0.3) is 0 Å². The van der Waals surface area contributed by atoms with Gasteiger partial charge in [0.15, 0.2) is 0 Å². The molecule has 2 atom stereocenters. The molecule has 2 aliphatic heterocycles. The van der Waals surface area contributed by atoms with Crippen LogP contribution in [-0.4, -0.2) is 26.5 Å². The molecule has 23 heavy (non-hydrogen) atoms. The lowest BCUT2D eigenvalue weighted by Gasteiger charge is -2.29. The summed E-state index contributed by atoms with van der Waals surface area (Å²) < 4.78 is 65.8. The smallest absolute Gasteiger partial charge is 0.311 e. The monoisotopic (exact) mass is 368 g/mol. The number of halogens is 4. The fourth-order valence-electron chi connectivity index (χ4n) is 3.32. The standard InChI is InChI=1S/C14H16ClF3N2O2S/c15-12-4-1-8(14(16,17)18)5-13(12)23(21,22)20-11-6-9-2-3-10(7-11)19-9/h1,4-5,9-11,19-20H,2-3,6-7H2. The van der Waals surface area contributed by atoms with Crippen molar-refractivity contribution in [2.45, 2.75) is 54.9 Å². The highest BCUT2D eigenvalue weighted by molar-refractivity contribution is 7.89. The predicted octanol–water partition coefficient (Wildman–Crippen LogP) is 2.92. The van der Waals surface area contributed by atoms with E-state index in [1.807, 2.05) is 0 Å². The molecule has 0 amide bonds. The van der Waals surface area contributed by atoms with Gasteiger partial charge in [0.05, 0.1) is 10.6 Å². The number of rotatable bonds is 3. The quantitative estimate of drug-likeness (QED) is 0.862. The summed E-state index contributed by atoms with van der Waals surface area (Å²) in [6.07, 6.45) is -1.37. The van der Waals surface area contributed by atoms with E-state index in [0.717, 1.165) is 25.0 Å². The van der Waals surface area contributed by atoms with Gasteiger partial charge in [-0.3, -0.25) is 0 Å². The number of benzene rings is 1. The van der Waals surface area contributed by atoms with Crippen molar-refractivity contribution in [2.24, 2.45) is 0 Å². The van der Waals surface area contributed by atoms with Crippen molar-refractivity contribution < 1.29 is 21.6 Å². The molecule has 2 N–H and O–H groups in total. The van der Waals surface area contributed by atoms with E-state index in [1.54, 1.807) is 0 Å². The third-order valence-corrected chi connectivity index (χ3v) is 6.35. The Labute approximate surface area is 137 Å². The van der Waals surface area contributed by atoms with Gasteiger partial charge in [-0.15, -0.1) is 0 Å². The molecule has 0 radical (unpaired) electrons. The summed E-state index contributed by atoms with van der Waals surface area (Å²) in [4.78, 5) is -0.528. The Morgan fingerprint density at radius 3 is 2.35 bits per heavy atom. The van der Waals surface area contributed by atoms with Gasteiger partial charge >= 0.3 is 6.18 Å². The van der Waals surface area contributed by atoms with Crippen LogP contribution in [0, 0.1) is 0 Å². The average Bonchev–Trinajstić information content (AvgIpc) is 2.76. The molecule has 4 nitrogen and oxygen atoms in total. The zero-order valence-electron chi connectivity index (χ0n) is 12.0. The summed E-state index contributed by atoms with van der Waals surface area (Å²) in [5.74, 6) is 0. The van der Waals surface area contributed by atoms with Gasteiger partial charge in [0.25, 0.3) is 0 Å². The molecule has 2 heterocycles. The van der Waals surface area contributed by atoms with Gasteiger partial charge in [-0.1, -0.05) is 11.6 Å². The molecular formula is C14H16ClF3N2O2S. The van der Waals surface area contributed by atoms with Crippen LogP contribution < -0.4 is 10.0 Å². The molecule has 1 aromatic carbocycles. The zero-order chi connectivity index (χ0) is 16.8. The first kappa shape index (κ1) is 17.0. The molecule has 2 unspecified atom stereocenters. The number of sulfonamides is 1. The highest BCUT2D eigenvalue weighted by atomic mass is 35.5. The molecule has 3 rings (SSSR count). The van der Waals surface area contributed by atoms with E-state index < -0.39 is 26.7 Å². The number of nitrogens with one attached hydrogen (secondary N) is 2. The van der Waals surface area contributed by atoms with Crippen LogP contribution in [-0.2, 0) is 16.2 Å². The predicted molar refractivity (Wildman–Crippen MR) is 79.7 cm³/mol. The van der Waals surface area contributed by atoms with Crippen LogP contribution in [0.1, 0.15) is 31.2 Å². The van der Waals surface area contributed by atoms with Gasteiger partial charge in [0, 0.05) is 18.1 Å². The van der Waals surface area contributed by atoms with E-state index in [1.165, 1.54) is 0 Å². The van der Waals surface area contributed by atoms with Crippen LogP contribution in [0.5, 0.6) is 0 Å². The van der Waals surface area contributed by atoms with Gasteiger partial charge < -0.3 is 5.32 Å². The molecule has 128 valence electrons. The van der Waals surface area contributed by atoms with Gasteiger partial charge in [0.1, 0.15) is 4.90 Å². The van der Waals surface area contributed by atoms with Crippen LogP contribution in [0.3, 0.4) is 0 Å². The van der Waals surface area contributed by atoms with Crippen molar-refractivity contribution in [3.63, 3.8) is 0 Å². The second-order valence-electron chi connectivity index (χ2n) is 6.07. The van der Waals surface area contributed by atoms with Crippen LogP contribution in [0.15, 0.2) is 23.1 Å². The molecule has 9 heteroatoms. The van der Waals surface area contributed by atoms with Crippen molar-refractivity contribution >= 4 is 21.6 Å². The minimum Gasteiger partial charge on any atom is -0.311 e. The van der Waals surface area contributed by atoms with E-state index in [-0.39, 0.29) is 23.1 Å². The first-order valence-electron chi connectivity index (χ1n) is 7.30. The zero-order valence-corrected chi connectivity index (χ0v) is 13.6. The summed E-state index contributed by atoms with van der Waals surface area (Å²) in [6.45, 7) is 0. The van der Waals surface area contributed by atoms with Crippen molar-refractivity contribution in [3.05, 3.63) is 28.8 Å². The Hall–Kier alpha value is -0.830. The average molecular weight is 369 g/mol. The normalized spacial score (nSPS) is 28.1. The second-order valence-corrected chi connectivity index (χ2v) is 8.16. The van der Waals surface area contributed by atoms with E-state index in [2.05, 4.69) is 10.0 Å². The molecule has 0 aromatic heterocycles. The summed E-state index contributed by atoms with van der Waals surface area (Å²) in [5, 5.41) is 3.16. The lowest BCUT2D eigenvalue weighted by atomic mass is 10.0. The maximum Gasteiger partial charge on any atom is 0.416 e. The minimum absolute atomic E-state index is 0.220.